The Bertz CT molecular complexity index is 623. The summed E-state index contributed by atoms with van der Waals surface area (Å²) in [5.74, 6) is -1.72. The zero-order valence-electron chi connectivity index (χ0n) is 9.58. The molecule has 0 fully saturated rings. The maximum atomic E-state index is 13.1. The fourth-order valence-corrected chi connectivity index (χ4v) is 1.87. The minimum absolute atomic E-state index is 0.0586. The molecule has 1 N–H and O–H groups in total. The molecule has 0 bridgehead atoms. The minimum Gasteiger partial charge on any atom is -0.478 e. The van der Waals surface area contributed by atoms with E-state index in [0.717, 1.165) is 11.6 Å². The molecule has 0 atom stereocenters. The average molecular weight is 265 g/mol. The van der Waals surface area contributed by atoms with Crippen LogP contribution in [0.3, 0.4) is 0 Å². The number of hydrogen-bond acceptors (Lipinski definition) is 1. The maximum Gasteiger partial charge on any atom is 0.336 e. The fourth-order valence-electron chi connectivity index (χ4n) is 1.76. The van der Waals surface area contributed by atoms with Gasteiger partial charge in [0.2, 0.25) is 0 Å². The van der Waals surface area contributed by atoms with Crippen LogP contribution in [0.1, 0.15) is 15.9 Å². The highest BCUT2D eigenvalue weighted by molar-refractivity contribution is 6.31. The van der Waals surface area contributed by atoms with Gasteiger partial charge in [0.05, 0.1) is 5.56 Å². The molecule has 2 nitrogen and oxygen atoms in total. The number of benzene rings is 2. The van der Waals surface area contributed by atoms with Crippen LogP contribution >= 0.6 is 11.6 Å². The zero-order chi connectivity index (χ0) is 13.3. The van der Waals surface area contributed by atoms with Gasteiger partial charge in [-0.1, -0.05) is 23.7 Å². The van der Waals surface area contributed by atoms with E-state index in [1.54, 1.807) is 18.2 Å². The first-order valence-electron chi connectivity index (χ1n) is 5.28. The van der Waals surface area contributed by atoms with E-state index >= 15 is 0 Å². The highest BCUT2D eigenvalue weighted by Crippen LogP contribution is 2.28. The van der Waals surface area contributed by atoms with Crippen LogP contribution in [0, 0.1) is 12.7 Å². The molecule has 0 heterocycles. The summed E-state index contributed by atoms with van der Waals surface area (Å²) < 4.78 is 13.1. The number of rotatable bonds is 2. The molecule has 0 aliphatic carbocycles. The van der Waals surface area contributed by atoms with E-state index in [0.29, 0.717) is 16.1 Å². The Kier molecular flexibility index (Phi) is 3.34. The van der Waals surface area contributed by atoms with Gasteiger partial charge in [0.1, 0.15) is 5.82 Å². The molecule has 0 spiro atoms. The Hall–Kier alpha value is -1.87. The van der Waals surface area contributed by atoms with Crippen LogP contribution in [0.2, 0.25) is 5.02 Å². The summed E-state index contributed by atoms with van der Waals surface area (Å²) in [6, 6.07) is 8.91. The first-order chi connectivity index (χ1) is 8.49. The molecule has 2 aromatic carbocycles. The molecule has 2 rings (SSSR count). The lowest BCUT2D eigenvalue weighted by Crippen LogP contribution is -2.00. The summed E-state index contributed by atoms with van der Waals surface area (Å²) in [5, 5.41) is 9.69. The van der Waals surface area contributed by atoms with Crippen molar-refractivity contribution >= 4 is 17.6 Å². The van der Waals surface area contributed by atoms with Gasteiger partial charge in [0.25, 0.3) is 0 Å². The molecule has 0 saturated carbocycles. The van der Waals surface area contributed by atoms with Crippen molar-refractivity contribution in [2.75, 3.05) is 0 Å². The van der Waals surface area contributed by atoms with Crippen LogP contribution in [-0.4, -0.2) is 11.1 Å². The number of hydrogen-bond donors (Lipinski definition) is 1. The zero-order valence-corrected chi connectivity index (χ0v) is 10.3. The van der Waals surface area contributed by atoms with Crippen LogP contribution < -0.4 is 0 Å². The summed E-state index contributed by atoms with van der Waals surface area (Å²) >= 11 is 5.92. The summed E-state index contributed by atoms with van der Waals surface area (Å²) in [5.41, 5.74) is 1.96. The molecule has 2 aromatic rings. The van der Waals surface area contributed by atoms with E-state index in [1.807, 2.05) is 6.92 Å². The van der Waals surface area contributed by atoms with Crippen molar-refractivity contribution in [2.45, 2.75) is 6.92 Å². The van der Waals surface area contributed by atoms with Crippen LogP contribution in [0.5, 0.6) is 0 Å². The van der Waals surface area contributed by atoms with E-state index in [1.165, 1.54) is 12.1 Å². The van der Waals surface area contributed by atoms with Crippen molar-refractivity contribution in [3.05, 3.63) is 58.4 Å². The normalized spacial score (nSPS) is 10.4. The summed E-state index contributed by atoms with van der Waals surface area (Å²) in [6.07, 6.45) is 0. The van der Waals surface area contributed by atoms with E-state index < -0.39 is 11.8 Å². The van der Waals surface area contributed by atoms with Crippen LogP contribution in [0.25, 0.3) is 11.1 Å². The third kappa shape index (κ3) is 2.36. The average Bonchev–Trinajstić information content (AvgIpc) is 2.32. The molecule has 92 valence electrons. The Labute approximate surface area is 109 Å². The molecule has 0 aliphatic rings. The summed E-state index contributed by atoms with van der Waals surface area (Å²) in [4.78, 5) is 11.1. The van der Waals surface area contributed by atoms with Crippen molar-refractivity contribution in [2.24, 2.45) is 0 Å². The second kappa shape index (κ2) is 4.78. The Morgan fingerprint density at radius 3 is 2.56 bits per heavy atom. The predicted molar refractivity (Wildman–Crippen MR) is 68.5 cm³/mol. The molecule has 0 saturated heterocycles. The first-order valence-corrected chi connectivity index (χ1v) is 5.66. The Morgan fingerprint density at radius 2 is 1.94 bits per heavy atom. The molecule has 0 aliphatic heterocycles. The van der Waals surface area contributed by atoms with E-state index in [2.05, 4.69) is 0 Å². The molecule has 0 unspecified atom stereocenters. The van der Waals surface area contributed by atoms with Crippen molar-refractivity contribution in [1.82, 2.24) is 0 Å². The first kappa shape index (κ1) is 12.6. The van der Waals surface area contributed by atoms with E-state index in [-0.39, 0.29) is 5.56 Å². The maximum absolute atomic E-state index is 13.1. The topological polar surface area (TPSA) is 37.3 Å². The number of carboxylic acid groups (broad SMARTS) is 1. The van der Waals surface area contributed by atoms with Gasteiger partial charge in [-0.15, -0.1) is 0 Å². The Morgan fingerprint density at radius 1 is 1.22 bits per heavy atom. The van der Waals surface area contributed by atoms with Gasteiger partial charge in [-0.2, -0.15) is 0 Å². The van der Waals surface area contributed by atoms with Gasteiger partial charge in [-0.25, -0.2) is 9.18 Å². The minimum atomic E-state index is -1.16. The molecule has 0 aromatic heterocycles. The highest BCUT2D eigenvalue weighted by Gasteiger charge is 2.13. The van der Waals surface area contributed by atoms with Crippen molar-refractivity contribution < 1.29 is 14.3 Å². The smallest absolute Gasteiger partial charge is 0.336 e. The monoisotopic (exact) mass is 264 g/mol. The lowest BCUT2D eigenvalue weighted by Gasteiger charge is -2.08. The van der Waals surface area contributed by atoms with Crippen LogP contribution in [-0.2, 0) is 0 Å². The number of halogens is 2. The standard InChI is InChI=1S/C14H10ClFO2/c1-8-6-9(2-5-13(8)15)11-4-3-10(16)7-12(11)14(17)18/h2-7H,1H3,(H,17,18). The van der Waals surface area contributed by atoms with Gasteiger partial charge in [-0.3, -0.25) is 0 Å². The van der Waals surface area contributed by atoms with Crippen molar-refractivity contribution in [3.8, 4) is 11.1 Å². The second-order valence-corrected chi connectivity index (χ2v) is 4.37. The SMILES string of the molecule is Cc1cc(-c2ccc(F)cc2C(=O)O)ccc1Cl. The second-order valence-electron chi connectivity index (χ2n) is 3.96. The summed E-state index contributed by atoms with van der Waals surface area (Å²) in [6.45, 7) is 1.83. The van der Waals surface area contributed by atoms with Gasteiger partial charge in [0, 0.05) is 5.02 Å². The van der Waals surface area contributed by atoms with E-state index in [9.17, 15) is 9.18 Å². The van der Waals surface area contributed by atoms with Crippen LogP contribution in [0.15, 0.2) is 36.4 Å². The lowest BCUT2D eigenvalue weighted by atomic mass is 9.98. The van der Waals surface area contributed by atoms with Gasteiger partial charge in [0.15, 0.2) is 0 Å². The Balaban J connectivity index is 2.63. The molecule has 4 heteroatoms. The molecular formula is C14H10ClFO2. The fraction of sp³-hybridized carbons (Fsp3) is 0.0714. The van der Waals surface area contributed by atoms with Gasteiger partial charge < -0.3 is 5.11 Å². The third-order valence-electron chi connectivity index (χ3n) is 2.68. The van der Waals surface area contributed by atoms with Gasteiger partial charge >= 0.3 is 5.97 Å². The number of aryl methyl sites for hydroxylation is 1. The molecular weight excluding hydrogens is 255 g/mol. The molecule has 0 radical (unpaired) electrons. The lowest BCUT2D eigenvalue weighted by molar-refractivity contribution is 0.0697. The quantitative estimate of drug-likeness (QED) is 0.885. The number of aromatic carboxylic acids is 1. The largest absolute Gasteiger partial charge is 0.478 e. The van der Waals surface area contributed by atoms with E-state index in [4.69, 9.17) is 16.7 Å². The molecule has 18 heavy (non-hydrogen) atoms. The number of carboxylic acids is 1. The number of carbonyl (C=O) groups is 1. The van der Waals surface area contributed by atoms with Gasteiger partial charge in [-0.05, 0) is 47.9 Å². The van der Waals surface area contributed by atoms with Crippen molar-refractivity contribution in [1.29, 1.82) is 0 Å². The van der Waals surface area contributed by atoms with Crippen LogP contribution in [0.4, 0.5) is 4.39 Å². The predicted octanol–water partition coefficient (Wildman–Crippen LogP) is 4.15. The highest BCUT2D eigenvalue weighted by atomic mass is 35.5. The summed E-state index contributed by atoms with van der Waals surface area (Å²) in [7, 11) is 0. The third-order valence-corrected chi connectivity index (χ3v) is 3.11. The molecule has 0 amide bonds. The van der Waals surface area contributed by atoms with Crippen molar-refractivity contribution in [3.63, 3.8) is 0 Å².